The zero-order chi connectivity index (χ0) is 24.5. The smallest absolute Gasteiger partial charge is 0.255 e. The van der Waals surface area contributed by atoms with Gasteiger partial charge >= 0.3 is 0 Å². The summed E-state index contributed by atoms with van der Waals surface area (Å²) in [6, 6.07) is 12.7. The molecule has 0 bridgehead atoms. The molecule has 8 heteroatoms. The van der Waals surface area contributed by atoms with E-state index in [0.29, 0.717) is 35.9 Å². The van der Waals surface area contributed by atoms with Crippen LogP contribution in [0.5, 0.6) is 0 Å². The Labute approximate surface area is 204 Å². The Morgan fingerprint density at radius 1 is 1.00 bits per heavy atom. The van der Waals surface area contributed by atoms with E-state index in [9.17, 15) is 19.2 Å². The third-order valence-corrected chi connectivity index (χ3v) is 7.68. The number of hydrogen-bond donors (Lipinski definition) is 3. The number of benzene rings is 2. The predicted octanol–water partition coefficient (Wildman–Crippen LogP) is 2.93. The molecule has 0 spiro atoms. The highest BCUT2D eigenvalue weighted by molar-refractivity contribution is 6.06. The fourth-order valence-corrected chi connectivity index (χ4v) is 5.76. The van der Waals surface area contributed by atoms with Gasteiger partial charge in [0.15, 0.2) is 0 Å². The Morgan fingerprint density at radius 3 is 2.51 bits per heavy atom. The van der Waals surface area contributed by atoms with Crippen molar-refractivity contribution in [2.75, 3.05) is 11.9 Å². The van der Waals surface area contributed by atoms with E-state index in [4.69, 9.17) is 5.73 Å². The molecule has 0 radical (unpaired) electrons. The van der Waals surface area contributed by atoms with Crippen molar-refractivity contribution in [3.8, 4) is 0 Å². The molecule has 8 nitrogen and oxygen atoms in total. The third kappa shape index (κ3) is 4.52. The topological polar surface area (TPSA) is 122 Å². The zero-order valence-electron chi connectivity index (χ0n) is 19.6. The second-order valence-electron chi connectivity index (χ2n) is 9.78. The minimum atomic E-state index is -0.612. The number of anilines is 1. The molecular weight excluding hydrogens is 444 g/mol. The minimum Gasteiger partial charge on any atom is -0.384 e. The lowest BCUT2D eigenvalue weighted by Crippen LogP contribution is -2.52. The van der Waals surface area contributed by atoms with E-state index >= 15 is 0 Å². The number of amides is 4. The Hall–Kier alpha value is -3.68. The van der Waals surface area contributed by atoms with Crippen LogP contribution in [0.15, 0.2) is 42.5 Å². The van der Waals surface area contributed by atoms with Crippen molar-refractivity contribution in [1.29, 1.82) is 0 Å². The average molecular weight is 475 g/mol. The number of carbonyl (C=O) groups is 4. The Morgan fingerprint density at radius 2 is 1.77 bits per heavy atom. The molecule has 4 amide bonds. The van der Waals surface area contributed by atoms with Crippen LogP contribution in [0.4, 0.5) is 5.69 Å². The Bertz CT molecular complexity index is 1190. The summed E-state index contributed by atoms with van der Waals surface area (Å²) in [5.41, 5.74) is 9.70. The monoisotopic (exact) mass is 474 g/mol. The molecule has 2 aromatic carbocycles. The van der Waals surface area contributed by atoms with Gasteiger partial charge in [-0.25, -0.2) is 0 Å². The van der Waals surface area contributed by atoms with Crippen LogP contribution in [-0.2, 0) is 16.1 Å². The summed E-state index contributed by atoms with van der Waals surface area (Å²) in [6.07, 6.45) is 4.70. The Balaban J connectivity index is 1.21. The number of nitrogens with two attached hydrogens (primary N) is 1. The maximum atomic E-state index is 13.0. The van der Waals surface area contributed by atoms with Crippen LogP contribution in [0.25, 0.3) is 0 Å². The molecule has 0 aromatic heterocycles. The summed E-state index contributed by atoms with van der Waals surface area (Å²) in [4.78, 5) is 50.2. The van der Waals surface area contributed by atoms with Gasteiger partial charge in [0.2, 0.25) is 17.7 Å². The number of piperidine rings is 1. The van der Waals surface area contributed by atoms with Crippen molar-refractivity contribution in [3.63, 3.8) is 0 Å². The van der Waals surface area contributed by atoms with Crippen LogP contribution < -0.4 is 16.4 Å². The van der Waals surface area contributed by atoms with Crippen molar-refractivity contribution in [2.45, 2.75) is 57.0 Å². The van der Waals surface area contributed by atoms with E-state index in [-0.39, 0.29) is 24.1 Å². The molecule has 1 unspecified atom stereocenters. The summed E-state index contributed by atoms with van der Waals surface area (Å²) in [5.74, 6) is -0.381. The molecule has 1 aliphatic carbocycles. The number of primary amides is 1. The first-order valence-electron chi connectivity index (χ1n) is 12.3. The van der Waals surface area contributed by atoms with E-state index in [1.165, 1.54) is 0 Å². The second-order valence-corrected chi connectivity index (χ2v) is 9.78. The van der Waals surface area contributed by atoms with Gasteiger partial charge in [-0.15, -0.1) is 0 Å². The molecule has 5 rings (SSSR count). The van der Waals surface area contributed by atoms with E-state index in [1.54, 1.807) is 17.0 Å². The van der Waals surface area contributed by atoms with Gasteiger partial charge in [0.1, 0.15) is 6.04 Å². The van der Waals surface area contributed by atoms with Crippen LogP contribution in [0.2, 0.25) is 0 Å². The van der Waals surface area contributed by atoms with E-state index in [1.807, 2.05) is 30.3 Å². The van der Waals surface area contributed by atoms with Gasteiger partial charge in [0.05, 0.1) is 0 Å². The van der Waals surface area contributed by atoms with Gasteiger partial charge in [-0.05, 0) is 67.7 Å². The zero-order valence-corrected chi connectivity index (χ0v) is 19.6. The fraction of sp³-hybridized carbons (Fsp3) is 0.407. The summed E-state index contributed by atoms with van der Waals surface area (Å²) in [5, 5.41) is 5.90. The molecule has 182 valence electrons. The van der Waals surface area contributed by atoms with Crippen molar-refractivity contribution >= 4 is 29.3 Å². The summed E-state index contributed by atoms with van der Waals surface area (Å²) in [6.45, 7) is 1.16. The van der Waals surface area contributed by atoms with Gasteiger partial charge < -0.3 is 16.0 Å². The molecule has 1 atom stereocenters. The van der Waals surface area contributed by atoms with Crippen molar-refractivity contribution in [3.05, 3.63) is 64.7 Å². The molecule has 4 N–H and O–H groups in total. The van der Waals surface area contributed by atoms with Crippen LogP contribution >= 0.6 is 0 Å². The molecule has 3 aliphatic rings. The molecule has 2 heterocycles. The van der Waals surface area contributed by atoms with E-state index < -0.39 is 11.9 Å². The normalized spacial score (nSPS) is 24.2. The lowest BCUT2D eigenvalue weighted by atomic mass is 9.77. The lowest BCUT2D eigenvalue weighted by Gasteiger charge is -2.30. The highest BCUT2D eigenvalue weighted by Crippen LogP contribution is 2.38. The highest BCUT2D eigenvalue weighted by atomic mass is 16.2. The van der Waals surface area contributed by atoms with Gasteiger partial charge in [-0.1, -0.05) is 24.3 Å². The van der Waals surface area contributed by atoms with Crippen molar-refractivity contribution in [1.82, 2.24) is 10.2 Å². The number of hydrogen-bond acceptors (Lipinski definition) is 5. The number of carbonyl (C=O) groups excluding carboxylic acids is 4. The van der Waals surface area contributed by atoms with Gasteiger partial charge in [-0.2, -0.15) is 0 Å². The molecule has 1 saturated carbocycles. The van der Waals surface area contributed by atoms with Crippen LogP contribution in [-0.4, -0.2) is 41.1 Å². The number of rotatable bonds is 6. The molecule has 35 heavy (non-hydrogen) atoms. The second kappa shape index (κ2) is 9.52. The van der Waals surface area contributed by atoms with Gasteiger partial charge in [0.25, 0.3) is 5.91 Å². The largest absolute Gasteiger partial charge is 0.384 e. The maximum Gasteiger partial charge on any atom is 0.255 e. The predicted molar refractivity (Wildman–Crippen MR) is 131 cm³/mol. The van der Waals surface area contributed by atoms with Gasteiger partial charge in [0, 0.05) is 41.9 Å². The quantitative estimate of drug-likeness (QED) is 0.556. The first-order chi connectivity index (χ1) is 16.9. The van der Waals surface area contributed by atoms with Crippen LogP contribution in [0.3, 0.4) is 0 Å². The first kappa shape index (κ1) is 23.1. The molecule has 2 aliphatic heterocycles. The third-order valence-electron chi connectivity index (χ3n) is 7.68. The summed E-state index contributed by atoms with van der Waals surface area (Å²) < 4.78 is 0. The molecule has 2 fully saturated rings. The molecule has 1 saturated heterocycles. The number of nitrogens with zero attached hydrogens (tertiary/aromatic N) is 1. The van der Waals surface area contributed by atoms with E-state index in [2.05, 4.69) is 10.6 Å². The fourth-order valence-electron chi connectivity index (χ4n) is 5.76. The highest BCUT2D eigenvalue weighted by Gasteiger charge is 2.39. The van der Waals surface area contributed by atoms with Gasteiger partial charge in [-0.3, -0.25) is 24.5 Å². The SMILES string of the molecule is NC(=O)c1ccccc1C1CCC(CNc2cccc3c2CN(C2CCC(=O)NC2=O)C3=O)CC1. The van der Waals surface area contributed by atoms with Crippen molar-refractivity contribution < 1.29 is 19.2 Å². The maximum absolute atomic E-state index is 13.0. The average Bonchev–Trinajstić information content (AvgIpc) is 3.20. The van der Waals surface area contributed by atoms with E-state index in [0.717, 1.165) is 49.0 Å². The van der Waals surface area contributed by atoms with Crippen LogP contribution in [0, 0.1) is 5.92 Å². The summed E-state index contributed by atoms with van der Waals surface area (Å²) >= 11 is 0. The standard InChI is InChI=1S/C27H30N4O4/c28-25(33)19-5-2-1-4-18(19)17-10-8-16(9-11-17)14-29-22-7-3-6-20-21(22)15-31(27(20)35)23-12-13-24(32)30-26(23)34/h1-7,16-17,23,29H,8-15H2,(H2,28,33)(H,30,32,34). The minimum absolute atomic E-state index is 0.160. The molecule has 2 aromatic rings. The Kier molecular flexibility index (Phi) is 6.28. The van der Waals surface area contributed by atoms with Crippen LogP contribution in [0.1, 0.15) is 76.3 Å². The first-order valence-corrected chi connectivity index (χ1v) is 12.3. The number of nitrogens with one attached hydrogen (secondary N) is 2. The number of imide groups is 1. The molecular formula is C27H30N4O4. The summed E-state index contributed by atoms with van der Waals surface area (Å²) in [7, 11) is 0. The van der Waals surface area contributed by atoms with Crippen molar-refractivity contribution in [2.24, 2.45) is 11.7 Å². The lowest BCUT2D eigenvalue weighted by molar-refractivity contribution is -0.136. The number of fused-ring (bicyclic) bond motifs is 1.